The number of hydrogen-bond acceptors (Lipinski definition) is 7. The quantitative estimate of drug-likeness (QED) is 0.291. The standard InChI is InChI=1S/C17H23N3O3.C11H23NO.C9H12O.C2H4O/c1-2-23-17(22)19-10-8-14(9-11-19)20-12-7-13-5-3-4-6-15(13)18-16(20)21;1-3-7-12(8-4-2)11-5-9-13-10-6-11;1-6-4-7(2)9(10)8(3)5-6;1-2-3/h3-6,14H,2,7-12H2,1H3,(H,18,21);11H,3-10H2,1-2H3;4-5,10H,1-3H3;2H,1H3. The van der Waals surface area contributed by atoms with E-state index in [0.717, 1.165) is 61.6 Å². The number of phenols is 1. The van der Waals surface area contributed by atoms with Crippen LogP contribution >= 0.6 is 0 Å². The highest BCUT2D eigenvalue weighted by Crippen LogP contribution is 2.25. The summed E-state index contributed by atoms with van der Waals surface area (Å²) in [6.07, 6.45) is 7.96. The van der Waals surface area contributed by atoms with Crippen molar-refractivity contribution in [2.45, 2.75) is 105 Å². The molecule has 2 N–H and O–H groups in total. The Labute approximate surface area is 295 Å². The summed E-state index contributed by atoms with van der Waals surface area (Å²) in [6, 6.07) is 12.8. The van der Waals surface area contributed by atoms with Gasteiger partial charge in [0.15, 0.2) is 0 Å². The SMILES string of the molecule is CC=O.CCCN(CCC)C1CCOCC1.CCOC(=O)N1CCC(N2CCc3ccccc3NC2=O)CC1.Cc1cc(C)c(O)c(C)c1. The van der Waals surface area contributed by atoms with Gasteiger partial charge in [-0.2, -0.15) is 0 Å². The highest BCUT2D eigenvalue weighted by molar-refractivity contribution is 5.91. The van der Waals surface area contributed by atoms with Crippen LogP contribution < -0.4 is 5.32 Å². The number of benzene rings is 2. The Morgan fingerprint density at radius 1 is 0.980 bits per heavy atom. The molecule has 2 saturated heterocycles. The molecule has 0 bridgehead atoms. The fourth-order valence-electron chi connectivity index (χ4n) is 6.59. The number of rotatable bonds is 7. The fourth-order valence-corrected chi connectivity index (χ4v) is 6.59. The highest BCUT2D eigenvalue weighted by atomic mass is 16.6. The van der Waals surface area contributed by atoms with Crippen molar-refractivity contribution in [1.82, 2.24) is 14.7 Å². The van der Waals surface area contributed by atoms with Gasteiger partial charge >= 0.3 is 12.1 Å². The lowest BCUT2D eigenvalue weighted by atomic mass is 10.0. The average Bonchev–Trinajstić information content (AvgIpc) is 3.26. The molecule has 3 amide bonds. The zero-order chi connectivity index (χ0) is 36.2. The first-order valence-electron chi connectivity index (χ1n) is 18.1. The Bertz CT molecular complexity index is 1240. The summed E-state index contributed by atoms with van der Waals surface area (Å²) in [7, 11) is 0. The van der Waals surface area contributed by atoms with E-state index in [2.05, 4.69) is 30.1 Å². The van der Waals surface area contributed by atoms with E-state index >= 15 is 0 Å². The first-order chi connectivity index (χ1) is 23.6. The first kappa shape index (κ1) is 41.5. The maximum absolute atomic E-state index is 12.5. The second-order valence-electron chi connectivity index (χ2n) is 12.8. The van der Waals surface area contributed by atoms with E-state index in [1.807, 2.05) is 62.9 Å². The number of aldehydes is 1. The first-order valence-corrected chi connectivity index (χ1v) is 18.1. The summed E-state index contributed by atoms with van der Waals surface area (Å²) in [6.45, 7) is 20.5. The second-order valence-corrected chi connectivity index (χ2v) is 12.8. The molecule has 49 heavy (non-hydrogen) atoms. The summed E-state index contributed by atoms with van der Waals surface area (Å²) in [5.41, 5.74) is 5.19. The summed E-state index contributed by atoms with van der Waals surface area (Å²) in [4.78, 5) is 39.4. The number of carbonyl (C=O) groups excluding carboxylic acids is 3. The van der Waals surface area contributed by atoms with Gasteiger partial charge in [-0.3, -0.25) is 0 Å². The normalized spacial score (nSPS) is 16.4. The van der Waals surface area contributed by atoms with Gasteiger partial charge in [0, 0.05) is 50.6 Å². The number of anilines is 1. The monoisotopic (exact) mass is 682 g/mol. The third-order valence-electron chi connectivity index (χ3n) is 8.94. The van der Waals surface area contributed by atoms with Gasteiger partial charge < -0.3 is 39.4 Å². The van der Waals surface area contributed by atoms with Crippen molar-refractivity contribution in [2.75, 3.05) is 57.9 Å². The lowest BCUT2D eigenvalue weighted by Gasteiger charge is -2.37. The van der Waals surface area contributed by atoms with Gasteiger partial charge in [0.2, 0.25) is 0 Å². The maximum Gasteiger partial charge on any atom is 0.409 e. The van der Waals surface area contributed by atoms with E-state index in [1.54, 1.807) is 4.90 Å². The molecule has 2 aromatic rings. The molecular formula is C39H62N4O6. The number of phenolic OH excluding ortho intramolecular Hbond substituents is 1. The molecule has 3 heterocycles. The minimum absolute atomic E-state index is 0.0375. The van der Waals surface area contributed by atoms with Gasteiger partial charge in [-0.05, 0) is 115 Å². The van der Waals surface area contributed by atoms with Crippen LogP contribution in [0.5, 0.6) is 5.75 Å². The summed E-state index contributed by atoms with van der Waals surface area (Å²) in [5, 5.41) is 12.3. The molecule has 0 aliphatic carbocycles. The third kappa shape index (κ3) is 14.0. The molecule has 274 valence electrons. The lowest BCUT2D eigenvalue weighted by molar-refractivity contribution is -0.106. The Morgan fingerprint density at radius 3 is 2.10 bits per heavy atom. The number of aromatic hydroxyl groups is 1. The minimum Gasteiger partial charge on any atom is -0.507 e. The molecule has 0 radical (unpaired) electrons. The molecule has 0 atom stereocenters. The molecule has 0 aromatic heterocycles. The number of fused-ring (bicyclic) bond motifs is 1. The van der Waals surface area contributed by atoms with Gasteiger partial charge in [-0.25, -0.2) is 9.59 Å². The lowest BCUT2D eigenvalue weighted by Crippen LogP contribution is -2.50. The van der Waals surface area contributed by atoms with E-state index in [1.165, 1.54) is 56.8 Å². The van der Waals surface area contributed by atoms with Gasteiger partial charge in [-0.1, -0.05) is 49.7 Å². The van der Waals surface area contributed by atoms with Crippen molar-refractivity contribution < 1.29 is 29.0 Å². The van der Waals surface area contributed by atoms with Crippen molar-refractivity contribution in [2.24, 2.45) is 0 Å². The van der Waals surface area contributed by atoms with Crippen LogP contribution in [-0.2, 0) is 20.7 Å². The van der Waals surface area contributed by atoms with Crippen LogP contribution in [-0.4, -0.2) is 103 Å². The maximum atomic E-state index is 12.5. The minimum atomic E-state index is -0.251. The van der Waals surface area contributed by atoms with Crippen LogP contribution in [0.1, 0.15) is 88.5 Å². The molecule has 2 aromatic carbocycles. The van der Waals surface area contributed by atoms with Crippen molar-refractivity contribution >= 4 is 24.1 Å². The molecule has 0 unspecified atom stereocenters. The number of nitrogens with one attached hydrogen (secondary N) is 1. The molecule has 0 saturated carbocycles. The summed E-state index contributed by atoms with van der Waals surface area (Å²) in [5.74, 6) is 0.422. The number of amides is 3. The number of hydrogen-bond donors (Lipinski definition) is 2. The predicted octanol–water partition coefficient (Wildman–Crippen LogP) is 7.51. The Balaban J connectivity index is 0.000000270. The molecule has 0 spiro atoms. The van der Waals surface area contributed by atoms with Crippen molar-refractivity contribution in [3.8, 4) is 5.75 Å². The van der Waals surface area contributed by atoms with E-state index in [0.29, 0.717) is 32.0 Å². The molecule has 10 heteroatoms. The molecule has 3 aliphatic heterocycles. The fraction of sp³-hybridized carbons (Fsp3) is 0.615. The van der Waals surface area contributed by atoms with Gasteiger partial charge in [0.1, 0.15) is 12.0 Å². The predicted molar refractivity (Wildman–Crippen MR) is 198 cm³/mol. The molecule has 5 rings (SSSR count). The van der Waals surface area contributed by atoms with Crippen molar-refractivity contribution in [3.63, 3.8) is 0 Å². The van der Waals surface area contributed by atoms with Crippen LogP contribution in [0.4, 0.5) is 15.3 Å². The highest BCUT2D eigenvalue weighted by Gasteiger charge is 2.31. The molecule has 2 fully saturated rings. The van der Waals surface area contributed by atoms with E-state index in [9.17, 15) is 14.7 Å². The molecule has 3 aliphatic rings. The Hall–Kier alpha value is -3.63. The number of ether oxygens (including phenoxy) is 2. The Kier molecular flexibility index (Phi) is 19.4. The van der Waals surface area contributed by atoms with E-state index in [4.69, 9.17) is 14.3 Å². The number of urea groups is 1. The van der Waals surface area contributed by atoms with Crippen LogP contribution in [0.2, 0.25) is 0 Å². The largest absolute Gasteiger partial charge is 0.507 e. The smallest absolute Gasteiger partial charge is 0.409 e. The van der Waals surface area contributed by atoms with Crippen LogP contribution in [0.3, 0.4) is 0 Å². The summed E-state index contributed by atoms with van der Waals surface area (Å²) >= 11 is 0. The van der Waals surface area contributed by atoms with Crippen LogP contribution in [0.15, 0.2) is 36.4 Å². The number of aryl methyl sites for hydroxylation is 3. The van der Waals surface area contributed by atoms with E-state index in [-0.39, 0.29) is 18.2 Å². The number of para-hydroxylation sites is 1. The summed E-state index contributed by atoms with van der Waals surface area (Å²) < 4.78 is 10.4. The topological polar surface area (TPSA) is 112 Å². The molecule has 10 nitrogen and oxygen atoms in total. The second kappa shape index (κ2) is 22.9. The average molecular weight is 683 g/mol. The zero-order valence-electron chi connectivity index (χ0n) is 31.1. The van der Waals surface area contributed by atoms with E-state index < -0.39 is 0 Å². The van der Waals surface area contributed by atoms with Crippen LogP contribution in [0, 0.1) is 20.8 Å². The van der Waals surface area contributed by atoms with Gasteiger partial charge in [0.05, 0.1) is 6.61 Å². The van der Waals surface area contributed by atoms with Crippen molar-refractivity contribution in [1.29, 1.82) is 0 Å². The number of carbonyl (C=O) groups is 3. The van der Waals surface area contributed by atoms with Crippen LogP contribution in [0.25, 0.3) is 0 Å². The van der Waals surface area contributed by atoms with Crippen molar-refractivity contribution in [3.05, 3.63) is 58.7 Å². The number of nitrogens with zero attached hydrogens (tertiary/aromatic N) is 3. The number of likely N-dealkylation sites (tertiary alicyclic amines) is 1. The third-order valence-corrected chi connectivity index (χ3v) is 8.94. The molecular weight excluding hydrogens is 620 g/mol. The zero-order valence-corrected chi connectivity index (χ0v) is 31.1. The van der Waals surface area contributed by atoms with Gasteiger partial charge in [-0.15, -0.1) is 0 Å². The number of piperidine rings is 1. The Morgan fingerprint density at radius 2 is 1.55 bits per heavy atom. The van der Waals surface area contributed by atoms with Gasteiger partial charge in [0.25, 0.3) is 0 Å².